The SMILES string of the molecule is Cc1cc(F)ccc1NC(=O)[C@H](NS(=O)(=O)c1cccs1)C(C)C. The summed E-state index contributed by atoms with van der Waals surface area (Å²) >= 11 is 1.08. The number of rotatable bonds is 6. The Morgan fingerprint density at radius 1 is 1.25 bits per heavy atom. The van der Waals surface area contributed by atoms with E-state index in [0.29, 0.717) is 11.3 Å². The summed E-state index contributed by atoms with van der Waals surface area (Å²) in [7, 11) is -3.77. The molecule has 1 heterocycles. The van der Waals surface area contributed by atoms with Gasteiger partial charge in [-0.15, -0.1) is 11.3 Å². The number of hydrogen-bond acceptors (Lipinski definition) is 4. The van der Waals surface area contributed by atoms with Gasteiger partial charge in [0.25, 0.3) is 10.0 Å². The Hall–Kier alpha value is -1.77. The summed E-state index contributed by atoms with van der Waals surface area (Å²) in [5.41, 5.74) is 1.01. The number of amides is 1. The zero-order valence-corrected chi connectivity index (χ0v) is 15.2. The van der Waals surface area contributed by atoms with E-state index in [0.717, 1.165) is 11.3 Å². The fourth-order valence-corrected chi connectivity index (χ4v) is 4.47. The van der Waals surface area contributed by atoms with Gasteiger partial charge >= 0.3 is 0 Å². The molecule has 2 N–H and O–H groups in total. The lowest BCUT2D eigenvalue weighted by atomic mass is 10.0. The number of thiophene rings is 1. The van der Waals surface area contributed by atoms with E-state index in [9.17, 15) is 17.6 Å². The Kier molecular flexibility index (Phi) is 5.74. The van der Waals surface area contributed by atoms with Crippen LogP contribution in [-0.4, -0.2) is 20.4 Å². The van der Waals surface area contributed by atoms with Gasteiger partial charge in [-0.25, -0.2) is 12.8 Å². The first-order valence-corrected chi connectivity index (χ1v) is 9.70. The van der Waals surface area contributed by atoms with Crippen molar-refractivity contribution in [1.82, 2.24) is 4.72 Å². The molecule has 1 atom stereocenters. The molecule has 2 rings (SSSR count). The number of halogens is 1. The van der Waals surface area contributed by atoms with Crippen molar-refractivity contribution in [3.8, 4) is 0 Å². The Morgan fingerprint density at radius 3 is 2.50 bits per heavy atom. The minimum atomic E-state index is -3.77. The number of anilines is 1. The van der Waals surface area contributed by atoms with Gasteiger partial charge in [-0.1, -0.05) is 19.9 Å². The number of aryl methyl sites for hydroxylation is 1. The summed E-state index contributed by atoms with van der Waals surface area (Å²) < 4.78 is 40.4. The van der Waals surface area contributed by atoms with Crippen LogP contribution in [0.3, 0.4) is 0 Å². The van der Waals surface area contributed by atoms with Crippen LogP contribution in [-0.2, 0) is 14.8 Å². The number of carbonyl (C=O) groups is 1. The molecule has 5 nitrogen and oxygen atoms in total. The van der Waals surface area contributed by atoms with Crippen LogP contribution in [0.4, 0.5) is 10.1 Å². The van der Waals surface area contributed by atoms with Crippen LogP contribution in [0.2, 0.25) is 0 Å². The molecule has 2 aromatic rings. The van der Waals surface area contributed by atoms with E-state index in [1.165, 1.54) is 24.3 Å². The van der Waals surface area contributed by atoms with Gasteiger partial charge < -0.3 is 5.32 Å². The van der Waals surface area contributed by atoms with Crippen LogP contribution in [0.15, 0.2) is 39.9 Å². The average Bonchev–Trinajstić information content (AvgIpc) is 3.02. The van der Waals surface area contributed by atoms with E-state index in [4.69, 9.17) is 0 Å². The molecule has 0 aliphatic carbocycles. The fraction of sp³-hybridized carbons (Fsp3) is 0.312. The zero-order valence-electron chi connectivity index (χ0n) is 13.5. The lowest BCUT2D eigenvalue weighted by molar-refractivity contribution is -0.118. The lowest BCUT2D eigenvalue weighted by Gasteiger charge is -2.21. The first kappa shape index (κ1) is 18.6. The smallest absolute Gasteiger partial charge is 0.250 e. The fourth-order valence-electron chi connectivity index (χ4n) is 2.11. The summed E-state index contributed by atoms with van der Waals surface area (Å²) in [6.07, 6.45) is 0. The predicted octanol–water partition coefficient (Wildman–Crippen LogP) is 3.14. The van der Waals surface area contributed by atoms with Crippen molar-refractivity contribution < 1.29 is 17.6 Å². The molecule has 0 spiro atoms. The van der Waals surface area contributed by atoms with Crippen LogP contribution in [0.25, 0.3) is 0 Å². The summed E-state index contributed by atoms with van der Waals surface area (Å²) in [5.74, 6) is -1.15. The minimum Gasteiger partial charge on any atom is -0.324 e. The maximum absolute atomic E-state index is 13.1. The Bertz CT molecular complexity index is 818. The van der Waals surface area contributed by atoms with Gasteiger partial charge in [0, 0.05) is 5.69 Å². The average molecular weight is 370 g/mol. The molecule has 24 heavy (non-hydrogen) atoms. The molecule has 0 aliphatic heterocycles. The zero-order chi connectivity index (χ0) is 17.9. The first-order chi connectivity index (χ1) is 11.2. The van der Waals surface area contributed by atoms with Crippen molar-refractivity contribution in [2.45, 2.75) is 31.0 Å². The van der Waals surface area contributed by atoms with Gasteiger partial charge in [-0.2, -0.15) is 4.72 Å². The number of sulfonamides is 1. The van der Waals surface area contributed by atoms with Crippen molar-refractivity contribution >= 4 is 33.0 Å². The molecule has 8 heteroatoms. The highest BCUT2D eigenvalue weighted by Crippen LogP contribution is 2.19. The van der Waals surface area contributed by atoms with E-state index in [2.05, 4.69) is 10.0 Å². The highest BCUT2D eigenvalue weighted by molar-refractivity contribution is 7.91. The number of benzene rings is 1. The molecule has 0 bridgehead atoms. The molecule has 0 radical (unpaired) electrons. The van der Waals surface area contributed by atoms with Gasteiger partial charge in [0.1, 0.15) is 16.1 Å². The van der Waals surface area contributed by atoms with Crippen LogP contribution in [0, 0.1) is 18.7 Å². The van der Waals surface area contributed by atoms with Crippen LogP contribution < -0.4 is 10.0 Å². The monoisotopic (exact) mass is 370 g/mol. The topological polar surface area (TPSA) is 75.3 Å². The van der Waals surface area contributed by atoms with Crippen LogP contribution >= 0.6 is 11.3 Å². The quantitative estimate of drug-likeness (QED) is 0.820. The Morgan fingerprint density at radius 2 is 1.96 bits per heavy atom. The third-order valence-corrected chi connectivity index (χ3v) is 6.28. The molecule has 1 aromatic heterocycles. The summed E-state index contributed by atoms with van der Waals surface area (Å²) in [6, 6.07) is 6.16. The van der Waals surface area contributed by atoms with Gasteiger partial charge in [0.2, 0.25) is 5.91 Å². The van der Waals surface area contributed by atoms with E-state index < -0.39 is 27.8 Å². The number of hydrogen-bond donors (Lipinski definition) is 2. The van der Waals surface area contributed by atoms with E-state index in [-0.39, 0.29) is 10.1 Å². The first-order valence-electron chi connectivity index (χ1n) is 7.33. The van der Waals surface area contributed by atoms with E-state index in [1.54, 1.807) is 32.2 Å². The van der Waals surface area contributed by atoms with Crippen LogP contribution in [0.5, 0.6) is 0 Å². The second-order valence-electron chi connectivity index (χ2n) is 5.72. The third-order valence-electron chi connectivity index (χ3n) is 3.44. The molecule has 0 saturated heterocycles. The van der Waals surface area contributed by atoms with Crippen molar-refractivity contribution in [1.29, 1.82) is 0 Å². The normalized spacial score (nSPS) is 13.0. The molecule has 130 valence electrons. The van der Waals surface area contributed by atoms with Gasteiger partial charge in [0.05, 0.1) is 0 Å². The van der Waals surface area contributed by atoms with Crippen molar-refractivity contribution in [3.63, 3.8) is 0 Å². The molecule has 0 aliphatic rings. The molecular formula is C16H19FN2O3S2. The van der Waals surface area contributed by atoms with E-state index in [1.807, 2.05) is 0 Å². The van der Waals surface area contributed by atoms with Gasteiger partial charge in [-0.3, -0.25) is 4.79 Å². The molecule has 0 unspecified atom stereocenters. The molecule has 1 aromatic carbocycles. The second kappa shape index (κ2) is 7.42. The standard InChI is InChI=1S/C16H19FN2O3S2/c1-10(2)15(19-24(21,22)14-5-4-8-23-14)16(20)18-13-7-6-12(17)9-11(13)3/h4-10,15,19H,1-3H3,(H,18,20)/t15-/m1/s1. The highest BCUT2D eigenvalue weighted by atomic mass is 32.2. The third kappa shape index (κ3) is 4.40. The predicted molar refractivity (Wildman–Crippen MR) is 93.0 cm³/mol. The lowest BCUT2D eigenvalue weighted by Crippen LogP contribution is -2.46. The van der Waals surface area contributed by atoms with Crippen molar-refractivity contribution in [2.24, 2.45) is 5.92 Å². The molecule has 0 saturated carbocycles. The maximum Gasteiger partial charge on any atom is 0.250 e. The largest absolute Gasteiger partial charge is 0.324 e. The Labute approximate surface area is 145 Å². The number of nitrogens with one attached hydrogen (secondary N) is 2. The van der Waals surface area contributed by atoms with Crippen LogP contribution in [0.1, 0.15) is 19.4 Å². The second-order valence-corrected chi connectivity index (χ2v) is 8.61. The summed E-state index contributed by atoms with van der Waals surface area (Å²) in [5, 5.41) is 4.31. The molecule has 1 amide bonds. The van der Waals surface area contributed by atoms with Crippen molar-refractivity contribution in [2.75, 3.05) is 5.32 Å². The maximum atomic E-state index is 13.1. The van der Waals surface area contributed by atoms with E-state index >= 15 is 0 Å². The summed E-state index contributed by atoms with van der Waals surface area (Å²) in [6.45, 7) is 5.16. The Balaban J connectivity index is 2.19. The van der Waals surface area contributed by atoms with Gasteiger partial charge in [0.15, 0.2) is 0 Å². The molecular weight excluding hydrogens is 351 g/mol. The molecule has 0 fully saturated rings. The number of carbonyl (C=O) groups excluding carboxylic acids is 1. The minimum absolute atomic E-state index is 0.152. The highest BCUT2D eigenvalue weighted by Gasteiger charge is 2.29. The van der Waals surface area contributed by atoms with Gasteiger partial charge in [-0.05, 0) is 48.1 Å². The summed E-state index contributed by atoms with van der Waals surface area (Å²) in [4.78, 5) is 12.5. The van der Waals surface area contributed by atoms with Crippen molar-refractivity contribution in [3.05, 3.63) is 47.1 Å².